The highest BCUT2D eigenvalue weighted by molar-refractivity contribution is 7.07. The van der Waals surface area contributed by atoms with E-state index in [1.165, 1.54) is 17.4 Å². The predicted molar refractivity (Wildman–Crippen MR) is 135 cm³/mol. The van der Waals surface area contributed by atoms with Crippen molar-refractivity contribution >= 4 is 46.3 Å². The highest BCUT2D eigenvalue weighted by Gasteiger charge is 2.15. The van der Waals surface area contributed by atoms with Crippen LogP contribution in [-0.4, -0.2) is 47.5 Å². The topological polar surface area (TPSA) is 119 Å². The maximum atomic E-state index is 12.8. The third-order valence-corrected chi connectivity index (χ3v) is 6.61. The number of benzene rings is 1. The zero-order chi connectivity index (χ0) is 24.5. The lowest BCUT2D eigenvalue weighted by Gasteiger charge is -2.14. The molecule has 2 amide bonds. The standard InChI is InChI=1S/C24H30N6O3S/c1-3-26-22(32)19(15-25)24-30(4-2)23(33)20(34-24)16-27-17-8-7-9-18(14-17)28-21(31)10-13-29-11-5-6-12-29/h7-9,14,16,27H,3-6,10-13H2,1-2H3,(H,26,32)(H,28,31)/b20-16+,24-19-. The average molecular weight is 483 g/mol. The number of nitriles is 1. The summed E-state index contributed by atoms with van der Waals surface area (Å²) in [5, 5.41) is 18.1. The van der Waals surface area contributed by atoms with Crippen LogP contribution in [0.1, 0.15) is 33.1 Å². The molecule has 0 saturated carbocycles. The third kappa shape index (κ3) is 6.34. The quantitative estimate of drug-likeness (QED) is 0.491. The zero-order valence-electron chi connectivity index (χ0n) is 19.5. The molecule has 1 aromatic heterocycles. The Morgan fingerprint density at radius 2 is 1.94 bits per heavy atom. The van der Waals surface area contributed by atoms with E-state index in [1.54, 1.807) is 26.1 Å². The molecule has 0 radical (unpaired) electrons. The molecule has 2 aromatic rings. The number of carbonyl (C=O) groups excluding carboxylic acids is 2. The van der Waals surface area contributed by atoms with Gasteiger partial charge in [-0.15, -0.1) is 11.3 Å². The fraction of sp³-hybridized carbons (Fsp3) is 0.417. The minimum Gasteiger partial charge on any atom is -0.360 e. The van der Waals surface area contributed by atoms with Crippen LogP contribution in [0.15, 0.2) is 29.1 Å². The fourth-order valence-electron chi connectivity index (χ4n) is 3.76. The fourth-order valence-corrected chi connectivity index (χ4v) is 4.85. The summed E-state index contributed by atoms with van der Waals surface area (Å²) in [5.41, 5.74) is 1.00. The van der Waals surface area contributed by atoms with Gasteiger partial charge in [0, 0.05) is 43.6 Å². The number of thiazole rings is 1. The van der Waals surface area contributed by atoms with E-state index >= 15 is 0 Å². The Morgan fingerprint density at radius 1 is 1.21 bits per heavy atom. The van der Waals surface area contributed by atoms with Gasteiger partial charge in [0.1, 0.15) is 15.3 Å². The molecular weight excluding hydrogens is 452 g/mol. The molecule has 1 aromatic carbocycles. The van der Waals surface area contributed by atoms with Gasteiger partial charge in [0.05, 0.1) is 0 Å². The summed E-state index contributed by atoms with van der Waals surface area (Å²) in [6.45, 7) is 7.16. The molecule has 34 heavy (non-hydrogen) atoms. The summed E-state index contributed by atoms with van der Waals surface area (Å²) >= 11 is 1.09. The number of anilines is 2. The van der Waals surface area contributed by atoms with Gasteiger partial charge in [-0.2, -0.15) is 5.26 Å². The molecule has 2 heterocycles. The third-order valence-electron chi connectivity index (χ3n) is 5.48. The van der Waals surface area contributed by atoms with Gasteiger partial charge in [-0.05, 0) is 58.0 Å². The van der Waals surface area contributed by atoms with Crippen LogP contribution in [0, 0.1) is 11.3 Å². The maximum Gasteiger partial charge on any atom is 0.270 e. The van der Waals surface area contributed by atoms with Crippen LogP contribution in [0.5, 0.6) is 0 Å². The van der Waals surface area contributed by atoms with Crippen LogP contribution in [-0.2, 0) is 16.1 Å². The van der Waals surface area contributed by atoms with Crippen molar-refractivity contribution in [2.75, 3.05) is 36.8 Å². The molecule has 0 atom stereocenters. The summed E-state index contributed by atoms with van der Waals surface area (Å²) in [6, 6.07) is 9.16. The summed E-state index contributed by atoms with van der Waals surface area (Å²) in [6.07, 6.45) is 4.40. The van der Waals surface area contributed by atoms with Crippen LogP contribution in [0.2, 0.25) is 0 Å². The van der Waals surface area contributed by atoms with Gasteiger partial charge >= 0.3 is 0 Å². The number of nitrogens with one attached hydrogen (secondary N) is 3. The molecule has 1 aliphatic heterocycles. The Hall–Kier alpha value is -3.42. The average Bonchev–Trinajstić information content (AvgIpc) is 3.45. The molecule has 1 aliphatic rings. The highest BCUT2D eigenvalue weighted by Crippen LogP contribution is 2.15. The molecule has 0 aliphatic carbocycles. The molecule has 9 nitrogen and oxygen atoms in total. The number of likely N-dealkylation sites (tertiary alicyclic amines) is 1. The Morgan fingerprint density at radius 3 is 2.62 bits per heavy atom. The van der Waals surface area contributed by atoms with E-state index in [0.29, 0.717) is 40.1 Å². The largest absolute Gasteiger partial charge is 0.360 e. The number of rotatable bonds is 9. The predicted octanol–water partition coefficient (Wildman–Crippen LogP) is 1.01. The number of amides is 2. The van der Waals surface area contributed by atoms with Crippen molar-refractivity contribution in [3.8, 4) is 6.07 Å². The molecule has 0 bridgehead atoms. The smallest absolute Gasteiger partial charge is 0.270 e. The van der Waals surface area contributed by atoms with E-state index in [-0.39, 0.29) is 17.0 Å². The van der Waals surface area contributed by atoms with Crippen LogP contribution in [0.4, 0.5) is 11.4 Å². The first-order chi connectivity index (χ1) is 16.5. The van der Waals surface area contributed by atoms with Crippen molar-refractivity contribution in [1.29, 1.82) is 5.26 Å². The first-order valence-corrected chi connectivity index (χ1v) is 12.3. The van der Waals surface area contributed by atoms with E-state index in [4.69, 9.17) is 0 Å². The van der Waals surface area contributed by atoms with Crippen molar-refractivity contribution < 1.29 is 9.59 Å². The second kappa shape index (κ2) is 12.2. The Labute approximate surface area is 202 Å². The van der Waals surface area contributed by atoms with Crippen molar-refractivity contribution in [3.63, 3.8) is 0 Å². The number of carbonyl (C=O) groups is 2. The van der Waals surface area contributed by atoms with E-state index in [1.807, 2.05) is 24.3 Å². The molecule has 10 heteroatoms. The molecule has 3 rings (SSSR count). The minimum atomic E-state index is -0.499. The van der Waals surface area contributed by atoms with Gasteiger partial charge in [-0.25, -0.2) is 0 Å². The van der Waals surface area contributed by atoms with E-state index in [0.717, 1.165) is 31.0 Å². The lowest BCUT2D eigenvalue weighted by molar-refractivity contribution is -0.116. The molecule has 1 fully saturated rings. The van der Waals surface area contributed by atoms with E-state index < -0.39 is 5.91 Å². The molecule has 1 saturated heterocycles. The van der Waals surface area contributed by atoms with Crippen molar-refractivity contribution in [3.05, 3.63) is 43.8 Å². The molecule has 0 unspecified atom stereocenters. The Kier molecular flexibility index (Phi) is 9.01. The van der Waals surface area contributed by atoms with Crippen molar-refractivity contribution in [2.24, 2.45) is 0 Å². The first-order valence-electron chi connectivity index (χ1n) is 11.5. The maximum absolute atomic E-state index is 12.8. The van der Waals surface area contributed by atoms with Gasteiger partial charge in [0.2, 0.25) is 5.91 Å². The van der Waals surface area contributed by atoms with Crippen LogP contribution in [0.25, 0.3) is 11.8 Å². The first kappa shape index (κ1) is 25.2. The number of hydrogen-bond donors (Lipinski definition) is 3. The Bertz CT molecular complexity index is 1250. The SMILES string of the molecule is CCNC(=O)/C(C#N)=c1\s/c(=C/Nc2cccc(NC(=O)CCN3CCCC3)c2)c(=O)n1CC. The Balaban J connectivity index is 1.77. The van der Waals surface area contributed by atoms with Gasteiger partial charge in [-0.1, -0.05) is 6.07 Å². The number of nitrogens with zero attached hydrogens (tertiary/aromatic N) is 3. The van der Waals surface area contributed by atoms with Crippen molar-refractivity contribution in [2.45, 2.75) is 39.7 Å². The number of hydrogen-bond acceptors (Lipinski definition) is 7. The van der Waals surface area contributed by atoms with Crippen LogP contribution < -0.4 is 30.7 Å². The zero-order valence-corrected chi connectivity index (χ0v) is 20.3. The van der Waals surface area contributed by atoms with Gasteiger partial charge in [0.15, 0.2) is 5.57 Å². The lowest BCUT2D eigenvalue weighted by atomic mass is 10.2. The molecular formula is C24H30N6O3S. The number of aromatic nitrogens is 1. The normalized spacial score (nSPS) is 15.0. The minimum absolute atomic E-state index is 0.0355. The van der Waals surface area contributed by atoms with Gasteiger partial charge in [-0.3, -0.25) is 19.0 Å². The second-order valence-corrected chi connectivity index (χ2v) is 8.91. The summed E-state index contributed by atoms with van der Waals surface area (Å²) in [7, 11) is 0. The second-order valence-electron chi connectivity index (χ2n) is 7.88. The summed E-state index contributed by atoms with van der Waals surface area (Å²) < 4.78 is 2.12. The van der Waals surface area contributed by atoms with Crippen molar-refractivity contribution in [1.82, 2.24) is 14.8 Å². The van der Waals surface area contributed by atoms with Gasteiger partial charge in [0.25, 0.3) is 11.5 Å². The molecule has 3 N–H and O–H groups in total. The van der Waals surface area contributed by atoms with E-state index in [9.17, 15) is 19.6 Å². The summed E-state index contributed by atoms with van der Waals surface area (Å²) in [5.74, 6) is -0.534. The van der Waals surface area contributed by atoms with Crippen LogP contribution >= 0.6 is 11.3 Å². The summed E-state index contributed by atoms with van der Waals surface area (Å²) in [4.78, 5) is 39.7. The monoisotopic (exact) mass is 482 g/mol. The van der Waals surface area contributed by atoms with Gasteiger partial charge < -0.3 is 20.9 Å². The van der Waals surface area contributed by atoms with Crippen LogP contribution in [0.3, 0.4) is 0 Å². The van der Waals surface area contributed by atoms with E-state index in [2.05, 4.69) is 20.9 Å². The molecule has 0 spiro atoms. The lowest BCUT2D eigenvalue weighted by Crippen LogP contribution is -2.34. The highest BCUT2D eigenvalue weighted by atomic mass is 32.1. The molecule has 180 valence electrons.